The third kappa shape index (κ3) is 3.81. The van der Waals surface area contributed by atoms with Crippen LogP contribution in [0.25, 0.3) is 0 Å². The molecule has 3 rings (SSSR count). The molecule has 138 valence electrons. The van der Waals surface area contributed by atoms with E-state index in [2.05, 4.69) is 9.80 Å². The molecule has 2 aliphatic heterocycles. The van der Waals surface area contributed by atoms with E-state index in [1.165, 1.54) is 0 Å². The minimum atomic E-state index is -0.555. The fraction of sp³-hybridized carbons (Fsp3) is 0.632. The number of carbonyl (C=O) groups excluding carboxylic acids is 1. The number of ether oxygens (including phenoxy) is 3. The molecule has 1 aromatic carbocycles. The summed E-state index contributed by atoms with van der Waals surface area (Å²) in [5.41, 5.74) is 1.13. The molecular formula is C19H28N2O4. The van der Waals surface area contributed by atoms with E-state index in [4.69, 9.17) is 14.2 Å². The highest BCUT2D eigenvalue weighted by molar-refractivity contribution is 6.03. The predicted octanol–water partition coefficient (Wildman–Crippen LogP) is 1.83. The predicted molar refractivity (Wildman–Crippen MR) is 96.8 cm³/mol. The van der Waals surface area contributed by atoms with Crippen LogP contribution in [0.2, 0.25) is 0 Å². The van der Waals surface area contributed by atoms with E-state index in [1.54, 1.807) is 7.11 Å². The van der Waals surface area contributed by atoms with Gasteiger partial charge in [0.15, 0.2) is 5.78 Å². The summed E-state index contributed by atoms with van der Waals surface area (Å²) in [6, 6.07) is 5.73. The number of hydrogen-bond donors (Lipinski definition) is 0. The molecule has 0 atom stereocenters. The van der Waals surface area contributed by atoms with Crippen LogP contribution in [0.15, 0.2) is 18.2 Å². The van der Waals surface area contributed by atoms with Crippen molar-refractivity contribution >= 4 is 11.5 Å². The Kier molecular flexibility index (Phi) is 5.61. The topological polar surface area (TPSA) is 51.2 Å². The maximum atomic E-state index is 13.2. The molecule has 0 unspecified atom stereocenters. The van der Waals surface area contributed by atoms with Crippen molar-refractivity contribution in [2.75, 3.05) is 64.6 Å². The quantitative estimate of drug-likeness (QED) is 0.757. The zero-order valence-corrected chi connectivity index (χ0v) is 15.4. The lowest BCUT2D eigenvalue weighted by Gasteiger charge is -2.39. The monoisotopic (exact) mass is 348 g/mol. The van der Waals surface area contributed by atoms with E-state index < -0.39 is 5.54 Å². The van der Waals surface area contributed by atoms with Gasteiger partial charge in [-0.2, -0.15) is 0 Å². The Morgan fingerprint density at radius 3 is 2.24 bits per heavy atom. The Hall–Kier alpha value is -1.63. The van der Waals surface area contributed by atoms with Gasteiger partial charge in [0, 0.05) is 31.7 Å². The van der Waals surface area contributed by atoms with Crippen molar-refractivity contribution in [1.29, 1.82) is 0 Å². The number of anilines is 1. The summed E-state index contributed by atoms with van der Waals surface area (Å²) in [5.74, 6) is 0.925. The molecule has 2 fully saturated rings. The third-order valence-corrected chi connectivity index (χ3v) is 5.15. The fourth-order valence-corrected chi connectivity index (χ4v) is 3.50. The lowest BCUT2D eigenvalue weighted by atomic mass is 9.90. The first-order valence-corrected chi connectivity index (χ1v) is 8.92. The molecule has 2 aliphatic rings. The molecule has 0 N–H and O–H groups in total. The number of benzene rings is 1. The Balaban J connectivity index is 1.86. The van der Waals surface area contributed by atoms with Gasteiger partial charge in [0.25, 0.3) is 0 Å². The number of Topliss-reactive ketones (excluding diaryl/α,β-unsaturated/α-hetero) is 1. The van der Waals surface area contributed by atoms with Crippen molar-refractivity contribution in [3.63, 3.8) is 0 Å². The van der Waals surface area contributed by atoms with Gasteiger partial charge < -0.3 is 19.1 Å². The van der Waals surface area contributed by atoms with Crippen molar-refractivity contribution in [2.45, 2.75) is 19.4 Å². The summed E-state index contributed by atoms with van der Waals surface area (Å²) in [5, 5.41) is 0. The number of morpholine rings is 2. The molecule has 2 saturated heterocycles. The van der Waals surface area contributed by atoms with Gasteiger partial charge in [0.05, 0.1) is 44.8 Å². The van der Waals surface area contributed by atoms with Gasteiger partial charge in [-0.3, -0.25) is 9.69 Å². The van der Waals surface area contributed by atoms with Gasteiger partial charge in [-0.25, -0.2) is 0 Å². The molecule has 0 aliphatic carbocycles. The third-order valence-electron chi connectivity index (χ3n) is 5.15. The summed E-state index contributed by atoms with van der Waals surface area (Å²) < 4.78 is 16.4. The van der Waals surface area contributed by atoms with E-state index >= 15 is 0 Å². The second kappa shape index (κ2) is 7.72. The van der Waals surface area contributed by atoms with Crippen LogP contribution >= 0.6 is 0 Å². The first-order valence-electron chi connectivity index (χ1n) is 8.92. The average molecular weight is 348 g/mol. The number of rotatable bonds is 5. The Morgan fingerprint density at radius 2 is 1.64 bits per heavy atom. The van der Waals surface area contributed by atoms with Gasteiger partial charge in [-0.05, 0) is 32.0 Å². The van der Waals surface area contributed by atoms with E-state index in [1.807, 2.05) is 32.0 Å². The highest BCUT2D eigenvalue weighted by atomic mass is 16.5. The van der Waals surface area contributed by atoms with E-state index in [0.29, 0.717) is 26.4 Å². The lowest BCUT2D eigenvalue weighted by molar-refractivity contribution is -0.00429. The van der Waals surface area contributed by atoms with Crippen LogP contribution in [0, 0.1) is 0 Å². The maximum Gasteiger partial charge on any atom is 0.182 e. The van der Waals surface area contributed by atoms with E-state index in [0.717, 1.165) is 43.2 Å². The van der Waals surface area contributed by atoms with Crippen LogP contribution < -0.4 is 9.64 Å². The molecule has 0 spiro atoms. The van der Waals surface area contributed by atoms with Crippen LogP contribution in [-0.4, -0.2) is 75.9 Å². The van der Waals surface area contributed by atoms with Crippen LogP contribution in [0.5, 0.6) is 5.75 Å². The summed E-state index contributed by atoms with van der Waals surface area (Å²) in [7, 11) is 1.67. The highest BCUT2D eigenvalue weighted by Crippen LogP contribution is 2.32. The Labute approximate surface area is 149 Å². The van der Waals surface area contributed by atoms with Gasteiger partial charge >= 0.3 is 0 Å². The molecule has 0 bridgehead atoms. The smallest absolute Gasteiger partial charge is 0.182 e. The Bertz CT molecular complexity index is 605. The molecule has 6 nitrogen and oxygen atoms in total. The van der Waals surface area contributed by atoms with Crippen molar-refractivity contribution in [2.24, 2.45) is 0 Å². The molecule has 0 saturated carbocycles. The normalized spacial score (nSPS) is 19.7. The second-order valence-corrected chi connectivity index (χ2v) is 6.97. The largest absolute Gasteiger partial charge is 0.495 e. The second-order valence-electron chi connectivity index (χ2n) is 6.97. The van der Waals surface area contributed by atoms with Gasteiger partial charge in [0.1, 0.15) is 5.75 Å². The summed E-state index contributed by atoms with van der Waals surface area (Å²) in [6.07, 6.45) is 0. The molecule has 0 amide bonds. The average Bonchev–Trinajstić information content (AvgIpc) is 2.68. The Morgan fingerprint density at radius 1 is 1.04 bits per heavy atom. The first-order chi connectivity index (χ1) is 12.0. The fourth-order valence-electron chi connectivity index (χ4n) is 3.50. The van der Waals surface area contributed by atoms with Crippen LogP contribution in [0.4, 0.5) is 5.69 Å². The number of methoxy groups -OCH3 is 1. The van der Waals surface area contributed by atoms with Crippen LogP contribution in [0.3, 0.4) is 0 Å². The zero-order valence-electron chi connectivity index (χ0n) is 15.4. The van der Waals surface area contributed by atoms with Crippen molar-refractivity contribution < 1.29 is 19.0 Å². The van der Waals surface area contributed by atoms with Gasteiger partial charge in [-0.1, -0.05) is 0 Å². The molecule has 25 heavy (non-hydrogen) atoms. The number of ketones is 1. The van der Waals surface area contributed by atoms with Crippen molar-refractivity contribution in [1.82, 2.24) is 4.90 Å². The highest BCUT2D eigenvalue weighted by Gasteiger charge is 2.36. The zero-order chi connectivity index (χ0) is 17.9. The molecule has 6 heteroatoms. The number of hydrogen-bond acceptors (Lipinski definition) is 6. The first kappa shape index (κ1) is 18.2. The number of carbonyl (C=O) groups is 1. The molecule has 1 aromatic rings. The minimum absolute atomic E-state index is 0.131. The van der Waals surface area contributed by atoms with E-state index in [9.17, 15) is 4.79 Å². The van der Waals surface area contributed by atoms with Crippen molar-refractivity contribution in [3.05, 3.63) is 23.8 Å². The molecule has 0 radical (unpaired) electrons. The summed E-state index contributed by atoms with van der Waals surface area (Å²) in [4.78, 5) is 17.7. The SMILES string of the molecule is COc1ccc(C(=O)C(C)(C)N2CCOCC2)cc1N1CCOCC1. The molecular weight excluding hydrogens is 320 g/mol. The van der Waals surface area contributed by atoms with Gasteiger partial charge in [-0.15, -0.1) is 0 Å². The lowest BCUT2D eigenvalue weighted by Crippen LogP contribution is -2.54. The van der Waals surface area contributed by atoms with Gasteiger partial charge in [0.2, 0.25) is 0 Å². The number of nitrogens with zero attached hydrogens (tertiary/aromatic N) is 2. The molecule has 0 aromatic heterocycles. The van der Waals surface area contributed by atoms with Crippen LogP contribution in [0.1, 0.15) is 24.2 Å². The molecule has 2 heterocycles. The minimum Gasteiger partial charge on any atom is -0.495 e. The van der Waals surface area contributed by atoms with Crippen molar-refractivity contribution in [3.8, 4) is 5.75 Å². The van der Waals surface area contributed by atoms with E-state index in [-0.39, 0.29) is 5.78 Å². The maximum absolute atomic E-state index is 13.2. The van der Waals surface area contributed by atoms with Crippen LogP contribution in [-0.2, 0) is 9.47 Å². The summed E-state index contributed by atoms with van der Waals surface area (Å²) in [6.45, 7) is 9.93. The standard InChI is InChI=1S/C19H28N2O4/c1-19(2,21-8-12-25-13-9-21)18(22)15-4-5-17(23-3)16(14-15)20-6-10-24-11-7-20/h4-5,14H,6-13H2,1-3H3. The summed E-state index contributed by atoms with van der Waals surface area (Å²) >= 11 is 0.